The van der Waals surface area contributed by atoms with E-state index >= 15 is 0 Å². The lowest BCUT2D eigenvalue weighted by molar-refractivity contribution is -0.121. The average Bonchev–Trinajstić information content (AvgIpc) is 2.12. The maximum absolute atomic E-state index is 11.2. The number of carbonyl (C=O) groups excluding carboxylic acids is 2. The molecule has 0 saturated heterocycles. The average molecular weight is 231 g/mol. The van der Waals surface area contributed by atoms with Crippen molar-refractivity contribution in [2.45, 2.75) is 39.7 Å². The number of rotatable bonds is 5. The fourth-order valence-corrected chi connectivity index (χ4v) is 0.797. The van der Waals surface area contributed by atoms with Crippen LogP contribution in [-0.4, -0.2) is 30.7 Å². The first-order valence-corrected chi connectivity index (χ1v) is 5.33. The quantitative estimate of drug-likeness (QED) is 0.476. The predicted octanol–water partition coefficient (Wildman–Crippen LogP) is 0.542. The molecule has 0 aromatic rings. The van der Waals surface area contributed by atoms with Gasteiger partial charge in [-0.2, -0.15) is 0 Å². The van der Waals surface area contributed by atoms with Gasteiger partial charge in [0.05, 0.1) is 0 Å². The summed E-state index contributed by atoms with van der Waals surface area (Å²) in [6.07, 6.45) is 0.317. The smallest absolute Gasteiger partial charge is 0.408 e. The Morgan fingerprint density at radius 1 is 1.25 bits per heavy atom. The van der Waals surface area contributed by atoms with E-state index in [1.165, 1.54) is 0 Å². The lowest BCUT2D eigenvalue weighted by Gasteiger charge is -2.19. The summed E-state index contributed by atoms with van der Waals surface area (Å²) in [6.45, 7) is 7.85. The van der Waals surface area contributed by atoms with Crippen molar-refractivity contribution in [1.29, 1.82) is 0 Å². The third-order valence-corrected chi connectivity index (χ3v) is 1.39. The fraction of sp³-hybridized carbons (Fsp3) is 0.800. The van der Waals surface area contributed by atoms with Crippen molar-refractivity contribution in [3.63, 3.8) is 0 Å². The highest BCUT2D eigenvalue weighted by Gasteiger charge is 2.16. The molecule has 6 nitrogen and oxygen atoms in total. The molecule has 0 saturated carbocycles. The second-order valence-corrected chi connectivity index (χ2v) is 4.33. The highest BCUT2D eigenvalue weighted by atomic mass is 16.6. The van der Waals surface area contributed by atoms with Gasteiger partial charge in [0, 0.05) is 6.54 Å². The Morgan fingerprint density at radius 3 is 2.38 bits per heavy atom. The van der Waals surface area contributed by atoms with Crippen LogP contribution in [0.25, 0.3) is 0 Å². The van der Waals surface area contributed by atoms with E-state index in [-0.39, 0.29) is 12.5 Å². The third-order valence-electron chi connectivity index (χ3n) is 1.39. The molecule has 0 bridgehead atoms. The molecule has 0 unspecified atom stereocenters. The number of carbonyl (C=O) groups is 2. The maximum atomic E-state index is 11.2. The van der Waals surface area contributed by atoms with Crippen molar-refractivity contribution in [2.75, 3.05) is 13.1 Å². The molecule has 0 heterocycles. The van der Waals surface area contributed by atoms with Gasteiger partial charge in [0.2, 0.25) is 0 Å². The van der Waals surface area contributed by atoms with Crippen LogP contribution < -0.4 is 16.2 Å². The predicted molar refractivity (Wildman–Crippen MR) is 60.7 cm³/mol. The van der Waals surface area contributed by atoms with Gasteiger partial charge in [-0.3, -0.25) is 10.2 Å². The molecule has 0 aliphatic rings. The Balaban J connectivity index is 3.63. The summed E-state index contributed by atoms with van der Waals surface area (Å²) >= 11 is 0. The largest absolute Gasteiger partial charge is 0.444 e. The zero-order valence-corrected chi connectivity index (χ0v) is 10.3. The summed E-state index contributed by atoms with van der Waals surface area (Å²) in [5.74, 6) is -0.306. The van der Waals surface area contributed by atoms with Gasteiger partial charge >= 0.3 is 6.09 Å². The van der Waals surface area contributed by atoms with E-state index in [1.54, 1.807) is 20.8 Å². The standard InChI is InChI=1S/C10H21N3O3/c1-5-6-12-13-8(14)7-11-9(15)16-10(2,3)4/h12H,5-7H2,1-4H3,(H,11,15)(H,13,14). The summed E-state index contributed by atoms with van der Waals surface area (Å²) in [6, 6.07) is 0. The number of nitrogens with one attached hydrogen (secondary N) is 3. The maximum Gasteiger partial charge on any atom is 0.408 e. The molecule has 0 aliphatic heterocycles. The van der Waals surface area contributed by atoms with E-state index in [0.717, 1.165) is 6.42 Å². The van der Waals surface area contributed by atoms with Crippen LogP contribution in [0.5, 0.6) is 0 Å². The highest BCUT2D eigenvalue weighted by molar-refractivity contribution is 5.81. The number of hydrogen-bond donors (Lipinski definition) is 3. The van der Waals surface area contributed by atoms with Crippen LogP contribution in [0.2, 0.25) is 0 Å². The Labute approximate surface area is 96.1 Å². The number of alkyl carbamates (subject to hydrolysis) is 1. The van der Waals surface area contributed by atoms with Gasteiger partial charge in [0.15, 0.2) is 0 Å². The summed E-state index contributed by atoms with van der Waals surface area (Å²) in [4.78, 5) is 22.3. The van der Waals surface area contributed by atoms with Gasteiger partial charge in [0.1, 0.15) is 12.1 Å². The summed E-state index contributed by atoms with van der Waals surface area (Å²) in [5, 5.41) is 2.35. The second kappa shape index (κ2) is 7.05. The van der Waals surface area contributed by atoms with Crippen molar-refractivity contribution in [3.8, 4) is 0 Å². The molecule has 3 N–H and O–H groups in total. The van der Waals surface area contributed by atoms with Crippen molar-refractivity contribution in [2.24, 2.45) is 0 Å². The highest BCUT2D eigenvalue weighted by Crippen LogP contribution is 2.05. The molecule has 0 rings (SSSR count). The van der Waals surface area contributed by atoms with Crippen molar-refractivity contribution in [1.82, 2.24) is 16.2 Å². The van der Waals surface area contributed by atoms with Gasteiger partial charge in [-0.05, 0) is 27.2 Å². The Morgan fingerprint density at radius 2 is 1.88 bits per heavy atom. The summed E-state index contributed by atoms with van der Waals surface area (Å²) in [5.41, 5.74) is 4.60. The second-order valence-electron chi connectivity index (χ2n) is 4.33. The lowest BCUT2D eigenvalue weighted by Crippen LogP contribution is -2.45. The Bertz CT molecular complexity index is 236. The van der Waals surface area contributed by atoms with E-state index in [4.69, 9.17) is 4.74 Å². The summed E-state index contributed by atoms with van der Waals surface area (Å²) < 4.78 is 4.96. The zero-order valence-electron chi connectivity index (χ0n) is 10.3. The van der Waals surface area contributed by atoms with E-state index in [2.05, 4.69) is 16.2 Å². The van der Waals surface area contributed by atoms with Crippen LogP contribution >= 0.6 is 0 Å². The Hall–Kier alpha value is -1.30. The van der Waals surface area contributed by atoms with Crippen LogP contribution in [0.4, 0.5) is 4.79 Å². The minimum Gasteiger partial charge on any atom is -0.444 e. The van der Waals surface area contributed by atoms with E-state index < -0.39 is 11.7 Å². The van der Waals surface area contributed by atoms with Crippen molar-refractivity contribution >= 4 is 12.0 Å². The minimum atomic E-state index is -0.599. The molecule has 2 amide bonds. The molecule has 0 aliphatic carbocycles. The molecule has 0 atom stereocenters. The molecule has 0 radical (unpaired) electrons. The van der Waals surface area contributed by atoms with Gasteiger partial charge in [-0.1, -0.05) is 6.92 Å². The van der Waals surface area contributed by atoms with Crippen LogP contribution in [0.15, 0.2) is 0 Å². The molecule has 0 aromatic carbocycles. The third kappa shape index (κ3) is 9.26. The zero-order chi connectivity index (χ0) is 12.6. The normalized spacial score (nSPS) is 10.8. The molecule has 0 spiro atoms. The molecule has 0 fully saturated rings. The van der Waals surface area contributed by atoms with E-state index in [1.807, 2.05) is 6.92 Å². The van der Waals surface area contributed by atoms with Gasteiger partial charge in [-0.25, -0.2) is 10.2 Å². The topological polar surface area (TPSA) is 79.5 Å². The fourth-order valence-electron chi connectivity index (χ4n) is 0.797. The molecule has 0 aromatic heterocycles. The molecular formula is C10H21N3O3. The van der Waals surface area contributed by atoms with Gasteiger partial charge < -0.3 is 10.1 Å². The Kier molecular flexibility index (Phi) is 6.48. The minimum absolute atomic E-state index is 0.106. The molecule has 6 heteroatoms. The van der Waals surface area contributed by atoms with E-state index in [9.17, 15) is 9.59 Å². The monoisotopic (exact) mass is 231 g/mol. The van der Waals surface area contributed by atoms with Crippen LogP contribution in [-0.2, 0) is 9.53 Å². The van der Waals surface area contributed by atoms with Crippen molar-refractivity contribution < 1.29 is 14.3 Å². The summed E-state index contributed by atoms with van der Waals surface area (Å²) in [7, 11) is 0. The lowest BCUT2D eigenvalue weighted by atomic mass is 10.2. The van der Waals surface area contributed by atoms with Crippen LogP contribution in [0.3, 0.4) is 0 Å². The van der Waals surface area contributed by atoms with Crippen LogP contribution in [0.1, 0.15) is 34.1 Å². The molecule has 16 heavy (non-hydrogen) atoms. The SMILES string of the molecule is CCCNNC(=O)CNC(=O)OC(C)(C)C. The first kappa shape index (κ1) is 14.7. The molecular weight excluding hydrogens is 210 g/mol. The number of hydrogen-bond acceptors (Lipinski definition) is 4. The number of hydrazine groups is 1. The first-order valence-electron chi connectivity index (χ1n) is 5.33. The molecule has 94 valence electrons. The van der Waals surface area contributed by atoms with Gasteiger partial charge in [0.25, 0.3) is 5.91 Å². The number of ether oxygens (including phenoxy) is 1. The van der Waals surface area contributed by atoms with Crippen LogP contribution in [0, 0.1) is 0 Å². The van der Waals surface area contributed by atoms with Gasteiger partial charge in [-0.15, -0.1) is 0 Å². The number of amides is 2. The van der Waals surface area contributed by atoms with Crippen molar-refractivity contribution in [3.05, 3.63) is 0 Å². The first-order chi connectivity index (χ1) is 7.35. The van der Waals surface area contributed by atoms with E-state index in [0.29, 0.717) is 6.54 Å².